The molecule has 24 heavy (non-hydrogen) atoms. The van der Waals surface area contributed by atoms with Crippen molar-refractivity contribution in [2.75, 3.05) is 20.0 Å². The van der Waals surface area contributed by atoms with E-state index in [1.54, 1.807) is 24.3 Å². The normalized spacial score (nSPS) is 12.0. The molecule has 0 unspecified atom stereocenters. The van der Waals surface area contributed by atoms with Gasteiger partial charge < -0.3 is 9.47 Å². The van der Waals surface area contributed by atoms with Gasteiger partial charge in [-0.25, -0.2) is 13.1 Å². The molecule has 8 nitrogen and oxygen atoms in total. The van der Waals surface area contributed by atoms with Crippen molar-refractivity contribution in [2.24, 2.45) is 0 Å². The van der Waals surface area contributed by atoms with E-state index in [1.807, 2.05) is 4.72 Å². The lowest BCUT2D eigenvalue weighted by atomic mass is 10.0. The predicted molar refractivity (Wildman–Crippen MR) is 89.3 cm³/mol. The molecule has 0 saturated heterocycles. The minimum absolute atomic E-state index is 0.113. The number of methoxy groups -OCH3 is 1. The van der Waals surface area contributed by atoms with Crippen molar-refractivity contribution < 1.29 is 22.7 Å². The summed E-state index contributed by atoms with van der Waals surface area (Å²) in [5.74, 6) is -0.428. The van der Waals surface area contributed by atoms with Crippen molar-refractivity contribution in [3.63, 3.8) is 0 Å². The predicted octanol–water partition coefficient (Wildman–Crippen LogP) is 1.44. The number of amides is 1. The molecule has 1 aromatic carbocycles. The topological polar surface area (TPSA) is 107 Å². The van der Waals surface area contributed by atoms with Gasteiger partial charge in [0, 0.05) is 29.8 Å². The molecule has 0 aliphatic rings. The summed E-state index contributed by atoms with van der Waals surface area (Å²) in [6, 6.07) is 6.71. The Labute approximate surface area is 143 Å². The molecule has 1 N–H and O–H groups in total. The number of aromatic nitrogens is 2. The highest BCUT2D eigenvalue weighted by Gasteiger charge is 2.19. The van der Waals surface area contributed by atoms with E-state index in [2.05, 4.69) is 9.36 Å². The Balaban J connectivity index is 2.41. The van der Waals surface area contributed by atoms with Crippen LogP contribution in [0.5, 0.6) is 10.9 Å². The van der Waals surface area contributed by atoms with Gasteiger partial charge in [0.2, 0.25) is 10.0 Å². The number of sulfonamides is 1. The van der Waals surface area contributed by atoms with Crippen molar-refractivity contribution in [1.29, 1.82) is 0 Å². The van der Waals surface area contributed by atoms with Crippen LogP contribution >= 0.6 is 11.5 Å². The number of ether oxygens (including phenoxy) is 2. The third-order valence-electron chi connectivity index (χ3n) is 2.69. The fraction of sp³-hybridized carbons (Fsp3) is 0.214. The SMILES string of the molecule is COC/C=C(/C(=O)NS(C)(=O)=O)c1ccccc1Oc1ncns1. The van der Waals surface area contributed by atoms with Gasteiger partial charge in [-0.3, -0.25) is 4.79 Å². The van der Waals surface area contributed by atoms with Crippen molar-refractivity contribution >= 4 is 33.0 Å². The molecular formula is C14H15N3O5S2. The van der Waals surface area contributed by atoms with Gasteiger partial charge in [-0.05, 0) is 12.1 Å². The highest BCUT2D eigenvalue weighted by atomic mass is 32.2. The molecule has 1 amide bonds. The third kappa shape index (κ3) is 5.11. The van der Waals surface area contributed by atoms with Crippen LogP contribution in [-0.4, -0.2) is 43.7 Å². The Morgan fingerprint density at radius 1 is 1.38 bits per heavy atom. The Kier molecular flexibility index (Phi) is 6.01. The zero-order valence-corrected chi connectivity index (χ0v) is 14.6. The zero-order valence-electron chi connectivity index (χ0n) is 12.9. The molecule has 0 atom stereocenters. The van der Waals surface area contributed by atoms with Crippen LogP contribution in [0.25, 0.3) is 5.57 Å². The van der Waals surface area contributed by atoms with Gasteiger partial charge in [-0.1, -0.05) is 18.2 Å². The van der Waals surface area contributed by atoms with Gasteiger partial charge in [-0.2, -0.15) is 9.36 Å². The summed E-state index contributed by atoms with van der Waals surface area (Å²) in [5, 5.41) is 0.303. The lowest BCUT2D eigenvalue weighted by Gasteiger charge is -2.12. The molecule has 10 heteroatoms. The second-order valence-corrected chi connectivity index (χ2v) is 7.07. The second-order valence-electron chi connectivity index (χ2n) is 4.58. The second kappa shape index (κ2) is 7.99. The minimum atomic E-state index is -3.71. The quantitative estimate of drug-likeness (QED) is 0.736. The van der Waals surface area contributed by atoms with E-state index in [0.717, 1.165) is 17.8 Å². The van der Waals surface area contributed by atoms with Gasteiger partial charge in [-0.15, -0.1) is 0 Å². The van der Waals surface area contributed by atoms with E-state index in [4.69, 9.17) is 9.47 Å². The number of nitrogens with one attached hydrogen (secondary N) is 1. The van der Waals surface area contributed by atoms with Crippen LogP contribution < -0.4 is 9.46 Å². The van der Waals surface area contributed by atoms with Gasteiger partial charge in [0.1, 0.15) is 12.1 Å². The first-order valence-corrected chi connectivity index (χ1v) is 9.32. The number of hydrogen-bond acceptors (Lipinski definition) is 8. The van der Waals surface area contributed by atoms with E-state index in [0.29, 0.717) is 16.5 Å². The van der Waals surface area contributed by atoms with Crippen LogP contribution in [0.4, 0.5) is 0 Å². The maximum absolute atomic E-state index is 12.3. The van der Waals surface area contributed by atoms with Crippen molar-refractivity contribution in [3.8, 4) is 10.9 Å². The molecule has 0 aliphatic heterocycles. The van der Waals surface area contributed by atoms with E-state index < -0.39 is 15.9 Å². The number of carbonyl (C=O) groups excluding carboxylic acids is 1. The average molecular weight is 369 g/mol. The molecule has 2 aromatic rings. The summed E-state index contributed by atoms with van der Waals surface area (Å²) in [6.45, 7) is 0.125. The van der Waals surface area contributed by atoms with Gasteiger partial charge in [0.15, 0.2) is 0 Å². The molecule has 0 radical (unpaired) electrons. The molecule has 0 saturated carbocycles. The fourth-order valence-corrected chi connectivity index (χ4v) is 2.65. The van der Waals surface area contributed by atoms with E-state index in [-0.39, 0.29) is 12.2 Å². The minimum Gasteiger partial charge on any atom is -0.429 e. The van der Waals surface area contributed by atoms with E-state index >= 15 is 0 Å². The smallest absolute Gasteiger partial charge is 0.298 e. The number of benzene rings is 1. The van der Waals surface area contributed by atoms with Gasteiger partial charge >= 0.3 is 0 Å². The van der Waals surface area contributed by atoms with E-state index in [9.17, 15) is 13.2 Å². The monoisotopic (exact) mass is 369 g/mol. The largest absolute Gasteiger partial charge is 0.429 e. The Hall–Kier alpha value is -2.30. The first-order valence-electron chi connectivity index (χ1n) is 6.66. The van der Waals surface area contributed by atoms with Crippen molar-refractivity contribution in [2.45, 2.75) is 0 Å². The van der Waals surface area contributed by atoms with Crippen molar-refractivity contribution in [3.05, 3.63) is 42.2 Å². The molecule has 2 rings (SSSR count). The molecule has 1 aromatic heterocycles. The molecule has 128 valence electrons. The highest BCUT2D eigenvalue weighted by Crippen LogP contribution is 2.30. The molecule has 0 aliphatic carbocycles. The summed E-state index contributed by atoms with van der Waals surface area (Å²) in [5.41, 5.74) is 0.522. The van der Waals surface area contributed by atoms with Crippen LogP contribution in [-0.2, 0) is 19.6 Å². The van der Waals surface area contributed by atoms with Gasteiger partial charge in [0.05, 0.1) is 12.9 Å². The van der Waals surface area contributed by atoms with Gasteiger partial charge in [0.25, 0.3) is 11.1 Å². The fourth-order valence-electron chi connectivity index (χ4n) is 1.80. The van der Waals surface area contributed by atoms with Crippen molar-refractivity contribution in [1.82, 2.24) is 14.1 Å². The number of hydrogen-bond donors (Lipinski definition) is 1. The standard InChI is InChI=1S/C14H15N3O5S2/c1-21-8-7-11(13(18)17-24(2,19)20)10-5-3-4-6-12(10)22-14-15-9-16-23-14/h3-7,9H,8H2,1-2H3,(H,17,18)/b11-7+. The Morgan fingerprint density at radius 3 is 2.75 bits per heavy atom. The Bertz CT molecular complexity index is 832. The summed E-state index contributed by atoms with van der Waals surface area (Å²) >= 11 is 1.05. The lowest BCUT2D eigenvalue weighted by Crippen LogP contribution is -2.30. The number of rotatable bonds is 7. The summed E-state index contributed by atoms with van der Waals surface area (Å²) in [6.07, 6.45) is 3.73. The maximum Gasteiger partial charge on any atom is 0.298 e. The molecule has 1 heterocycles. The molecular weight excluding hydrogens is 354 g/mol. The Morgan fingerprint density at radius 2 is 2.12 bits per heavy atom. The zero-order chi connectivity index (χ0) is 17.6. The summed E-state index contributed by atoms with van der Waals surface area (Å²) < 4.78 is 39.1. The maximum atomic E-state index is 12.3. The highest BCUT2D eigenvalue weighted by molar-refractivity contribution is 7.89. The van der Waals surface area contributed by atoms with Crippen LogP contribution in [0.1, 0.15) is 5.56 Å². The molecule has 0 fully saturated rings. The molecule has 0 bridgehead atoms. The average Bonchev–Trinajstić information content (AvgIpc) is 3.00. The van der Waals surface area contributed by atoms with Crippen LogP contribution in [0.3, 0.4) is 0 Å². The summed E-state index contributed by atoms with van der Waals surface area (Å²) in [4.78, 5) is 16.2. The van der Waals surface area contributed by atoms with E-state index in [1.165, 1.54) is 19.5 Å². The number of nitrogens with zero attached hydrogens (tertiary/aromatic N) is 2. The molecule has 0 spiro atoms. The first kappa shape index (κ1) is 18.0. The first-order chi connectivity index (χ1) is 11.4. The van der Waals surface area contributed by atoms with Crippen LogP contribution in [0, 0.1) is 0 Å². The number of para-hydroxylation sites is 1. The van der Waals surface area contributed by atoms with Crippen LogP contribution in [0.15, 0.2) is 36.7 Å². The van der Waals surface area contributed by atoms with Crippen LogP contribution in [0.2, 0.25) is 0 Å². The number of carbonyl (C=O) groups is 1. The third-order valence-corrected chi connectivity index (χ3v) is 3.79. The summed E-state index contributed by atoms with van der Waals surface area (Å²) in [7, 11) is -2.24. The lowest BCUT2D eigenvalue weighted by molar-refractivity contribution is -0.114.